The minimum absolute atomic E-state index is 0.267. The third-order valence-electron chi connectivity index (χ3n) is 5.54. The molecular weight excluding hydrogens is 476 g/mol. The zero-order valence-electron chi connectivity index (χ0n) is 16.2. The number of hydrogen-bond acceptors (Lipinski definition) is 9. The highest BCUT2D eigenvalue weighted by Crippen LogP contribution is 2.61. The second-order valence-corrected chi connectivity index (χ2v) is 10.9. The van der Waals surface area contributed by atoms with Crippen LogP contribution in [-0.2, 0) is 33.9 Å². The zero-order valence-corrected chi connectivity index (χ0v) is 17.8. The molecule has 3 rings (SSSR count). The third-order valence-corrected chi connectivity index (χ3v) is 8.24. The Labute approximate surface area is 178 Å². The van der Waals surface area contributed by atoms with Gasteiger partial charge < -0.3 is 19.3 Å². The summed E-state index contributed by atoms with van der Waals surface area (Å²) in [4.78, 5) is 23.9. The first-order valence-corrected chi connectivity index (χ1v) is 11.5. The first kappa shape index (κ1) is 24.5. The summed E-state index contributed by atoms with van der Waals surface area (Å²) in [6.45, 7) is 1.03. The maximum absolute atomic E-state index is 13.4. The summed E-state index contributed by atoms with van der Waals surface area (Å²) in [6, 6.07) is 0. The summed E-state index contributed by atoms with van der Waals surface area (Å²) in [6.07, 6.45) is -3.29. The molecule has 31 heavy (non-hydrogen) atoms. The summed E-state index contributed by atoms with van der Waals surface area (Å²) < 4.78 is 97.3. The molecule has 6 atom stereocenters. The number of thioether (sulfide) groups is 1. The number of aliphatic hydroxyl groups is 1. The maximum atomic E-state index is 13.4. The molecule has 0 radical (unpaired) electrons. The van der Waals surface area contributed by atoms with Crippen LogP contribution in [0.4, 0.5) is 17.6 Å². The van der Waals surface area contributed by atoms with Crippen molar-refractivity contribution in [2.24, 2.45) is 11.8 Å². The minimum atomic E-state index is -6.38. The van der Waals surface area contributed by atoms with E-state index in [-0.39, 0.29) is 10.5 Å². The Morgan fingerprint density at radius 2 is 1.84 bits per heavy atom. The van der Waals surface area contributed by atoms with E-state index in [9.17, 15) is 40.7 Å². The Morgan fingerprint density at radius 3 is 2.39 bits per heavy atom. The quantitative estimate of drug-likeness (QED) is 0.269. The van der Waals surface area contributed by atoms with E-state index in [0.29, 0.717) is 0 Å². The molecule has 15 heteroatoms. The number of alkyl halides is 4. The van der Waals surface area contributed by atoms with Gasteiger partial charge in [0.2, 0.25) is 0 Å². The zero-order chi connectivity index (χ0) is 23.6. The van der Waals surface area contributed by atoms with E-state index in [1.54, 1.807) is 0 Å². The van der Waals surface area contributed by atoms with Crippen LogP contribution >= 0.6 is 11.8 Å². The van der Waals surface area contributed by atoms with Crippen molar-refractivity contribution in [3.63, 3.8) is 0 Å². The number of ether oxygens (including phenoxy) is 3. The van der Waals surface area contributed by atoms with E-state index in [4.69, 9.17) is 14.0 Å². The van der Waals surface area contributed by atoms with Crippen molar-refractivity contribution in [1.29, 1.82) is 0 Å². The summed E-state index contributed by atoms with van der Waals surface area (Å²) in [5, 5.41) is 4.03. The number of halogens is 4. The highest BCUT2D eigenvalue weighted by molar-refractivity contribution is 8.01. The van der Waals surface area contributed by atoms with E-state index in [2.05, 4.69) is 4.74 Å². The molecule has 3 heterocycles. The van der Waals surface area contributed by atoms with Gasteiger partial charge in [-0.25, -0.2) is 4.79 Å². The second kappa shape index (κ2) is 7.71. The van der Waals surface area contributed by atoms with Gasteiger partial charge in [-0.3, -0.25) is 9.35 Å². The summed E-state index contributed by atoms with van der Waals surface area (Å²) in [5.74, 6) is -7.88. The second-order valence-electron chi connectivity index (χ2n) is 8.11. The van der Waals surface area contributed by atoms with Crippen molar-refractivity contribution in [3.8, 4) is 0 Å². The van der Waals surface area contributed by atoms with E-state index in [0.717, 1.165) is 0 Å². The molecule has 2 N–H and O–H groups in total. The predicted octanol–water partition coefficient (Wildman–Crippen LogP) is 0.847. The first-order chi connectivity index (χ1) is 14.0. The summed E-state index contributed by atoms with van der Waals surface area (Å²) >= 11 is 1.39. The standard InChI is InChI=1S/C16H20F4O9S2/c1-14(2,23)8-7-11-10(29-13(7)22)9(12(8)30-11)28-5-6(21)27-4-3-15(17,18)16(19,20)31(24,25)26/h7-12,23H,3-5H2,1-2H3,(H,24,25,26). The largest absolute Gasteiger partial charge is 0.464 e. The normalized spacial score (nSPS) is 33.0. The van der Waals surface area contributed by atoms with Crippen LogP contribution in [0.2, 0.25) is 0 Å². The predicted molar refractivity (Wildman–Crippen MR) is 95.1 cm³/mol. The Balaban J connectivity index is 1.53. The number of fused-ring (bicyclic) bond motifs is 1. The Hall–Kier alpha value is -1.16. The van der Waals surface area contributed by atoms with Gasteiger partial charge >= 0.3 is 33.2 Å². The fraction of sp³-hybridized carbons (Fsp3) is 0.875. The highest BCUT2D eigenvalue weighted by atomic mass is 32.2. The van der Waals surface area contributed by atoms with Crippen molar-refractivity contribution >= 4 is 33.8 Å². The maximum Gasteiger partial charge on any atom is 0.431 e. The van der Waals surface area contributed by atoms with E-state index < -0.39 is 82.5 Å². The lowest BCUT2D eigenvalue weighted by Crippen LogP contribution is -2.51. The van der Waals surface area contributed by atoms with Crippen LogP contribution in [0.15, 0.2) is 0 Å². The number of hydrogen-bond donors (Lipinski definition) is 2. The first-order valence-electron chi connectivity index (χ1n) is 9.07. The van der Waals surface area contributed by atoms with Crippen LogP contribution < -0.4 is 0 Å². The van der Waals surface area contributed by atoms with Gasteiger partial charge in [-0.2, -0.15) is 26.0 Å². The van der Waals surface area contributed by atoms with Crippen LogP contribution in [0.1, 0.15) is 20.3 Å². The van der Waals surface area contributed by atoms with E-state index in [1.165, 1.54) is 25.6 Å². The fourth-order valence-electron chi connectivity index (χ4n) is 4.19. The molecule has 0 saturated carbocycles. The van der Waals surface area contributed by atoms with Crippen molar-refractivity contribution < 1.29 is 59.4 Å². The molecule has 178 valence electrons. The monoisotopic (exact) mass is 496 g/mol. The fourth-order valence-corrected chi connectivity index (χ4v) is 6.91. The molecule has 0 aromatic heterocycles. The van der Waals surface area contributed by atoms with Crippen LogP contribution in [-0.4, -0.2) is 82.7 Å². The molecular formula is C16H20F4O9S2. The molecule has 0 aromatic rings. The van der Waals surface area contributed by atoms with Gasteiger partial charge in [0.25, 0.3) is 0 Å². The molecule has 3 aliphatic rings. The van der Waals surface area contributed by atoms with Crippen molar-refractivity contribution in [2.45, 2.75) is 59.8 Å². The van der Waals surface area contributed by atoms with Gasteiger partial charge in [-0.1, -0.05) is 0 Å². The molecule has 3 saturated heterocycles. The SMILES string of the molecule is CC(C)(O)C1C2SC3C(OC(=O)C31)C2OCC(=O)OCCC(F)(F)C(F)(F)S(=O)(=O)O. The molecule has 0 aromatic carbocycles. The van der Waals surface area contributed by atoms with Crippen LogP contribution in [0.25, 0.3) is 0 Å². The average molecular weight is 496 g/mol. The summed E-state index contributed by atoms with van der Waals surface area (Å²) in [5.41, 5.74) is -1.24. The van der Waals surface area contributed by atoms with E-state index in [1.807, 2.05) is 0 Å². The van der Waals surface area contributed by atoms with Crippen molar-refractivity contribution in [3.05, 3.63) is 0 Å². The van der Waals surface area contributed by atoms with Crippen LogP contribution in [0, 0.1) is 11.8 Å². The smallest absolute Gasteiger partial charge is 0.431 e. The van der Waals surface area contributed by atoms with Crippen LogP contribution in [0.5, 0.6) is 0 Å². The minimum Gasteiger partial charge on any atom is -0.464 e. The lowest BCUT2D eigenvalue weighted by Gasteiger charge is -2.37. The third kappa shape index (κ3) is 4.14. The molecule has 6 unspecified atom stereocenters. The van der Waals surface area contributed by atoms with Gasteiger partial charge in [-0.05, 0) is 13.8 Å². The van der Waals surface area contributed by atoms with Gasteiger partial charge in [0, 0.05) is 11.2 Å². The van der Waals surface area contributed by atoms with E-state index >= 15 is 0 Å². The Morgan fingerprint density at radius 1 is 1.23 bits per heavy atom. The Bertz CT molecular complexity index is 858. The topological polar surface area (TPSA) is 136 Å². The number of carbonyl (C=O) groups is 2. The van der Waals surface area contributed by atoms with Crippen LogP contribution in [0.3, 0.4) is 0 Å². The van der Waals surface area contributed by atoms with Gasteiger partial charge in [0.15, 0.2) is 0 Å². The lowest BCUT2D eigenvalue weighted by atomic mass is 9.71. The number of rotatable bonds is 9. The molecule has 9 nitrogen and oxygen atoms in total. The highest BCUT2D eigenvalue weighted by Gasteiger charge is 2.70. The molecule has 0 spiro atoms. The number of carbonyl (C=O) groups excluding carboxylic acids is 2. The van der Waals surface area contributed by atoms with Gasteiger partial charge in [-0.15, -0.1) is 11.8 Å². The Kier molecular flexibility index (Phi) is 6.09. The van der Waals surface area contributed by atoms with Gasteiger partial charge in [0.1, 0.15) is 18.8 Å². The number of esters is 2. The average Bonchev–Trinajstić information content (AvgIpc) is 3.20. The molecule has 0 amide bonds. The molecule has 0 aliphatic carbocycles. The van der Waals surface area contributed by atoms with Gasteiger partial charge in [0.05, 0.1) is 29.8 Å². The summed E-state index contributed by atoms with van der Waals surface area (Å²) in [7, 11) is -6.38. The van der Waals surface area contributed by atoms with Crippen molar-refractivity contribution in [2.75, 3.05) is 13.2 Å². The lowest BCUT2D eigenvalue weighted by molar-refractivity contribution is -0.177. The van der Waals surface area contributed by atoms with Crippen molar-refractivity contribution in [1.82, 2.24) is 0 Å². The molecule has 3 fully saturated rings. The molecule has 3 aliphatic heterocycles. The molecule has 2 bridgehead atoms.